The Kier molecular flexibility index (Phi) is 2.72. The van der Waals surface area contributed by atoms with Crippen molar-refractivity contribution in [1.82, 2.24) is 14.8 Å². The van der Waals surface area contributed by atoms with Crippen LogP contribution in [0.1, 0.15) is 70.7 Å². The molecule has 0 amide bonds. The first-order valence-corrected chi connectivity index (χ1v) is 7.11. The molecular weight excluding hydrogens is 210 g/mol. The molecule has 17 heavy (non-hydrogen) atoms. The first-order chi connectivity index (χ1) is 8.21. The van der Waals surface area contributed by atoms with Crippen LogP contribution in [0.25, 0.3) is 0 Å². The molecule has 0 atom stereocenters. The first-order valence-electron chi connectivity index (χ1n) is 7.11. The molecule has 1 heterocycles. The van der Waals surface area contributed by atoms with Crippen molar-refractivity contribution >= 4 is 0 Å². The summed E-state index contributed by atoms with van der Waals surface area (Å²) < 4.78 is 2.38. The van der Waals surface area contributed by atoms with E-state index in [0.717, 1.165) is 5.92 Å². The van der Waals surface area contributed by atoms with Crippen LogP contribution in [-0.4, -0.2) is 14.8 Å². The molecule has 0 saturated heterocycles. The van der Waals surface area contributed by atoms with Gasteiger partial charge in [-0.25, -0.2) is 0 Å². The van der Waals surface area contributed by atoms with Crippen molar-refractivity contribution in [2.75, 3.05) is 0 Å². The van der Waals surface area contributed by atoms with Crippen molar-refractivity contribution < 1.29 is 0 Å². The number of aromatic nitrogens is 3. The zero-order chi connectivity index (χ0) is 11.9. The Labute approximate surface area is 104 Å². The average molecular weight is 233 g/mol. The van der Waals surface area contributed by atoms with E-state index in [-0.39, 0.29) is 0 Å². The molecule has 94 valence electrons. The molecule has 0 aliphatic heterocycles. The Bertz CT molecular complexity index is 384. The molecular formula is C14H23N3. The summed E-state index contributed by atoms with van der Waals surface area (Å²) in [5, 5.41) is 8.69. The fraction of sp³-hybridized carbons (Fsp3) is 0.857. The lowest BCUT2D eigenvalue weighted by molar-refractivity contribution is 0.316. The van der Waals surface area contributed by atoms with Crippen LogP contribution in [0.3, 0.4) is 0 Å². The first kappa shape index (κ1) is 11.2. The zero-order valence-corrected chi connectivity index (χ0v) is 11.0. The number of hydrogen-bond acceptors (Lipinski definition) is 2. The molecule has 2 saturated carbocycles. The largest absolute Gasteiger partial charge is 0.314 e. The lowest BCUT2D eigenvalue weighted by atomic mass is 9.77. The molecule has 2 aliphatic rings. The lowest BCUT2D eigenvalue weighted by Crippen LogP contribution is -2.28. The van der Waals surface area contributed by atoms with Gasteiger partial charge in [0.25, 0.3) is 0 Å². The predicted molar refractivity (Wildman–Crippen MR) is 67.9 cm³/mol. The molecule has 0 aromatic carbocycles. The summed E-state index contributed by atoms with van der Waals surface area (Å²) in [6, 6.07) is 0.713. The standard InChI is InChI=1S/C14H23N3/c1-11(2)9-14(7-3-4-8-14)13-16-15-10-17(13)12-5-6-12/h10-12H,3-9H2,1-2H3. The van der Waals surface area contributed by atoms with Crippen LogP contribution in [0, 0.1) is 5.92 Å². The minimum atomic E-state index is 0.341. The van der Waals surface area contributed by atoms with Crippen LogP contribution in [0.2, 0.25) is 0 Å². The second-order valence-corrected chi connectivity index (χ2v) is 6.38. The third-order valence-electron chi connectivity index (χ3n) is 4.35. The molecule has 0 spiro atoms. The Morgan fingerprint density at radius 3 is 2.65 bits per heavy atom. The topological polar surface area (TPSA) is 30.7 Å². The van der Waals surface area contributed by atoms with Crippen LogP contribution in [0.4, 0.5) is 0 Å². The zero-order valence-electron chi connectivity index (χ0n) is 11.0. The van der Waals surface area contributed by atoms with Gasteiger partial charge in [0.1, 0.15) is 12.2 Å². The summed E-state index contributed by atoms with van der Waals surface area (Å²) in [5.74, 6) is 2.05. The van der Waals surface area contributed by atoms with Gasteiger partial charge in [0.15, 0.2) is 0 Å². The highest BCUT2D eigenvalue weighted by Crippen LogP contribution is 2.47. The van der Waals surface area contributed by atoms with E-state index in [0.29, 0.717) is 11.5 Å². The van der Waals surface area contributed by atoms with Crippen molar-refractivity contribution in [3.05, 3.63) is 12.2 Å². The molecule has 3 nitrogen and oxygen atoms in total. The van der Waals surface area contributed by atoms with Crippen LogP contribution >= 0.6 is 0 Å². The van der Waals surface area contributed by atoms with E-state index in [9.17, 15) is 0 Å². The van der Waals surface area contributed by atoms with Crippen LogP contribution in [-0.2, 0) is 5.41 Å². The lowest BCUT2D eigenvalue weighted by Gasteiger charge is -2.30. The van der Waals surface area contributed by atoms with Crippen molar-refractivity contribution in [2.24, 2.45) is 5.92 Å². The van der Waals surface area contributed by atoms with Gasteiger partial charge in [-0.1, -0.05) is 26.7 Å². The Morgan fingerprint density at radius 2 is 2.06 bits per heavy atom. The number of rotatable bonds is 4. The van der Waals surface area contributed by atoms with Gasteiger partial charge < -0.3 is 4.57 Å². The second kappa shape index (κ2) is 4.11. The van der Waals surface area contributed by atoms with Gasteiger partial charge in [0, 0.05) is 11.5 Å². The summed E-state index contributed by atoms with van der Waals surface area (Å²) in [5.41, 5.74) is 0.341. The molecule has 2 aliphatic carbocycles. The van der Waals surface area contributed by atoms with Crippen molar-refractivity contribution in [3.8, 4) is 0 Å². The summed E-state index contributed by atoms with van der Waals surface area (Å²) in [6.45, 7) is 4.66. The van der Waals surface area contributed by atoms with Gasteiger partial charge in [-0.2, -0.15) is 0 Å². The highest BCUT2D eigenvalue weighted by molar-refractivity contribution is 5.13. The third-order valence-corrected chi connectivity index (χ3v) is 4.35. The summed E-state index contributed by atoms with van der Waals surface area (Å²) in [4.78, 5) is 0. The van der Waals surface area contributed by atoms with Gasteiger partial charge in [-0.15, -0.1) is 10.2 Å². The van der Waals surface area contributed by atoms with E-state index in [1.165, 1.54) is 50.8 Å². The SMILES string of the molecule is CC(C)CC1(c2nncn2C2CC2)CCCC1. The van der Waals surface area contributed by atoms with E-state index in [2.05, 4.69) is 28.6 Å². The molecule has 3 heteroatoms. The van der Waals surface area contributed by atoms with E-state index in [4.69, 9.17) is 0 Å². The quantitative estimate of drug-likeness (QED) is 0.797. The van der Waals surface area contributed by atoms with Gasteiger partial charge in [0.05, 0.1) is 0 Å². The molecule has 1 aromatic heterocycles. The van der Waals surface area contributed by atoms with Gasteiger partial charge in [-0.3, -0.25) is 0 Å². The smallest absolute Gasteiger partial charge is 0.139 e. The van der Waals surface area contributed by atoms with Crippen LogP contribution < -0.4 is 0 Å². The maximum absolute atomic E-state index is 4.50. The average Bonchev–Trinajstić information content (AvgIpc) is 2.83. The molecule has 0 radical (unpaired) electrons. The Hall–Kier alpha value is -0.860. The number of nitrogens with zero attached hydrogens (tertiary/aromatic N) is 3. The van der Waals surface area contributed by atoms with E-state index in [1.54, 1.807) is 0 Å². The van der Waals surface area contributed by atoms with Crippen molar-refractivity contribution in [2.45, 2.75) is 70.3 Å². The van der Waals surface area contributed by atoms with Crippen molar-refractivity contribution in [3.63, 3.8) is 0 Å². The highest BCUT2D eigenvalue weighted by Gasteiger charge is 2.42. The molecule has 0 bridgehead atoms. The fourth-order valence-corrected chi connectivity index (χ4v) is 3.59. The monoisotopic (exact) mass is 233 g/mol. The minimum absolute atomic E-state index is 0.341. The molecule has 0 unspecified atom stereocenters. The maximum atomic E-state index is 4.50. The van der Waals surface area contributed by atoms with Crippen molar-refractivity contribution in [1.29, 1.82) is 0 Å². The van der Waals surface area contributed by atoms with Gasteiger partial charge in [-0.05, 0) is 38.0 Å². The molecule has 1 aromatic rings. The normalized spacial score (nSPS) is 23.5. The minimum Gasteiger partial charge on any atom is -0.314 e. The van der Waals surface area contributed by atoms with E-state index in [1.807, 2.05) is 6.33 Å². The molecule has 3 rings (SSSR count). The Balaban J connectivity index is 1.94. The summed E-state index contributed by atoms with van der Waals surface area (Å²) in [7, 11) is 0. The summed E-state index contributed by atoms with van der Waals surface area (Å²) in [6.07, 6.45) is 11.2. The van der Waals surface area contributed by atoms with Crippen LogP contribution in [0.5, 0.6) is 0 Å². The third kappa shape index (κ3) is 2.00. The molecule has 0 N–H and O–H groups in total. The molecule has 2 fully saturated rings. The highest BCUT2D eigenvalue weighted by atomic mass is 15.3. The summed E-state index contributed by atoms with van der Waals surface area (Å²) >= 11 is 0. The predicted octanol–water partition coefficient (Wildman–Crippen LogP) is 3.47. The Morgan fingerprint density at radius 1 is 1.35 bits per heavy atom. The van der Waals surface area contributed by atoms with E-state index >= 15 is 0 Å². The maximum Gasteiger partial charge on any atom is 0.139 e. The second-order valence-electron chi connectivity index (χ2n) is 6.38. The fourth-order valence-electron chi connectivity index (χ4n) is 3.59. The van der Waals surface area contributed by atoms with Gasteiger partial charge in [0.2, 0.25) is 0 Å². The van der Waals surface area contributed by atoms with E-state index < -0.39 is 0 Å². The van der Waals surface area contributed by atoms with Crippen LogP contribution in [0.15, 0.2) is 6.33 Å². The number of hydrogen-bond donors (Lipinski definition) is 0. The van der Waals surface area contributed by atoms with Gasteiger partial charge >= 0.3 is 0 Å².